The van der Waals surface area contributed by atoms with Crippen LogP contribution in [0.4, 0.5) is 23.2 Å². The van der Waals surface area contributed by atoms with Gasteiger partial charge in [-0.2, -0.15) is 13.2 Å². The van der Waals surface area contributed by atoms with E-state index in [0.717, 1.165) is 29.8 Å². The first-order valence-electron chi connectivity index (χ1n) is 9.76. The van der Waals surface area contributed by atoms with Crippen molar-refractivity contribution in [2.45, 2.75) is 18.3 Å². The van der Waals surface area contributed by atoms with Crippen LogP contribution in [0.2, 0.25) is 5.02 Å². The molecular formula is C21H15ClF4N4O5S. The number of aliphatic imine (C=N–C) groups is 1. The van der Waals surface area contributed by atoms with Crippen LogP contribution >= 0.6 is 23.4 Å². The van der Waals surface area contributed by atoms with Crippen molar-refractivity contribution in [3.8, 4) is 17.5 Å². The smallest absolute Gasteiger partial charge is 0.431 e. The number of aliphatic carboxylic acids is 1. The number of nitrogens with zero attached hydrogens (tertiary/aromatic N) is 4. The fourth-order valence-electron chi connectivity index (χ4n) is 3.27. The molecule has 1 aromatic heterocycles. The van der Waals surface area contributed by atoms with Crippen molar-refractivity contribution in [3.05, 3.63) is 55.6 Å². The van der Waals surface area contributed by atoms with Crippen molar-refractivity contribution in [3.63, 3.8) is 0 Å². The number of amides is 1. The van der Waals surface area contributed by atoms with Gasteiger partial charge in [0.25, 0.3) is 5.56 Å². The molecule has 3 rings (SSSR count). The molecule has 2 atom stereocenters. The van der Waals surface area contributed by atoms with Crippen LogP contribution in [0.15, 0.2) is 32.8 Å². The Balaban J connectivity index is 2.15. The molecule has 1 amide bonds. The zero-order chi connectivity index (χ0) is 27.1. The molecule has 1 aliphatic rings. The van der Waals surface area contributed by atoms with Gasteiger partial charge in [-0.25, -0.2) is 18.7 Å². The van der Waals surface area contributed by atoms with E-state index in [0.29, 0.717) is 6.07 Å². The number of carbonyl (C=O) groups is 2. The van der Waals surface area contributed by atoms with E-state index in [9.17, 15) is 41.8 Å². The second-order valence-corrected chi connectivity index (χ2v) is 8.85. The van der Waals surface area contributed by atoms with Gasteiger partial charge in [0.05, 0.1) is 16.4 Å². The monoisotopic (exact) mass is 546 g/mol. The predicted molar refractivity (Wildman–Crippen MR) is 123 cm³/mol. The van der Waals surface area contributed by atoms with Crippen LogP contribution in [0.1, 0.15) is 12.6 Å². The Morgan fingerprint density at radius 1 is 1.22 bits per heavy atom. The first-order valence-corrected chi connectivity index (χ1v) is 11.0. The molecular weight excluding hydrogens is 532 g/mol. The molecule has 1 saturated heterocycles. The van der Waals surface area contributed by atoms with Gasteiger partial charge in [-0.1, -0.05) is 29.3 Å². The average molecular weight is 547 g/mol. The van der Waals surface area contributed by atoms with Crippen molar-refractivity contribution in [2.24, 2.45) is 18.0 Å². The molecule has 1 aliphatic heterocycles. The molecule has 1 N–H and O–H groups in total. The maximum atomic E-state index is 14.7. The number of rotatable bonds is 4. The molecule has 0 spiro atoms. The van der Waals surface area contributed by atoms with Gasteiger partial charge < -0.3 is 5.11 Å². The molecule has 2 unspecified atom stereocenters. The Bertz CT molecular complexity index is 1490. The minimum Gasteiger partial charge on any atom is -0.480 e. The highest BCUT2D eigenvalue weighted by molar-refractivity contribution is 8.15. The van der Waals surface area contributed by atoms with E-state index in [2.05, 4.69) is 16.8 Å². The molecule has 2 aromatic rings. The number of carboxylic acid groups (broad SMARTS) is 1. The highest BCUT2D eigenvalue weighted by Crippen LogP contribution is 2.36. The summed E-state index contributed by atoms with van der Waals surface area (Å²) in [6.45, 7) is 1.41. The van der Waals surface area contributed by atoms with E-state index in [1.165, 1.54) is 14.0 Å². The topological polar surface area (TPSA) is 114 Å². The van der Waals surface area contributed by atoms with Crippen LogP contribution in [0, 0.1) is 23.6 Å². The average Bonchev–Trinajstić information content (AvgIpc) is 3.04. The molecule has 0 radical (unpaired) electrons. The minimum absolute atomic E-state index is 0.0405. The number of hydrogen-bond acceptors (Lipinski definition) is 6. The summed E-state index contributed by atoms with van der Waals surface area (Å²) in [5, 5.41) is 7.90. The third-order valence-corrected chi connectivity index (χ3v) is 6.65. The summed E-state index contributed by atoms with van der Waals surface area (Å²) in [6.07, 6.45) is -5.01. The Hall–Kier alpha value is -3.57. The summed E-state index contributed by atoms with van der Waals surface area (Å²) in [6, 6.07) is 1.69. The van der Waals surface area contributed by atoms with E-state index in [1.54, 1.807) is 0 Å². The highest BCUT2D eigenvalue weighted by Gasteiger charge is 2.43. The number of thioether (sulfide) groups is 1. The van der Waals surface area contributed by atoms with Gasteiger partial charge in [0.15, 0.2) is 5.17 Å². The second-order valence-electron chi connectivity index (χ2n) is 7.34. The Morgan fingerprint density at radius 2 is 1.86 bits per heavy atom. The van der Waals surface area contributed by atoms with Crippen LogP contribution in [-0.4, -0.2) is 48.5 Å². The molecule has 0 saturated carbocycles. The van der Waals surface area contributed by atoms with Gasteiger partial charge in [-0.05, 0) is 19.1 Å². The van der Waals surface area contributed by atoms with E-state index < -0.39 is 57.7 Å². The second kappa shape index (κ2) is 9.82. The number of halogens is 5. The minimum atomic E-state index is -5.01. The molecule has 190 valence electrons. The third-order valence-electron chi connectivity index (χ3n) is 5.05. The SMILES string of the molecule is CC#CC(C(=O)O)C1SC(=Nc2cc(-n3c(=O)cc(C(F)(F)F)n(C)c3=O)c(F)cc2Cl)N(C)C1=O. The molecule has 15 heteroatoms. The number of aromatic nitrogens is 2. The lowest BCUT2D eigenvalue weighted by molar-refractivity contribution is -0.144. The summed E-state index contributed by atoms with van der Waals surface area (Å²) < 4.78 is 54.4. The quantitative estimate of drug-likeness (QED) is 0.466. The lowest BCUT2D eigenvalue weighted by Crippen LogP contribution is -2.41. The maximum Gasteiger partial charge on any atom is 0.431 e. The number of amidine groups is 1. The van der Waals surface area contributed by atoms with Gasteiger partial charge in [0, 0.05) is 20.2 Å². The summed E-state index contributed by atoms with van der Waals surface area (Å²) in [7, 11) is 2.07. The number of hydrogen-bond donors (Lipinski definition) is 1. The zero-order valence-corrected chi connectivity index (χ0v) is 20.1. The van der Waals surface area contributed by atoms with Gasteiger partial charge in [0.2, 0.25) is 5.91 Å². The third kappa shape index (κ3) is 4.89. The summed E-state index contributed by atoms with van der Waals surface area (Å²) in [5.74, 6) is 0.376. The number of benzene rings is 1. The molecule has 2 heterocycles. The summed E-state index contributed by atoms with van der Waals surface area (Å²) >= 11 is 6.81. The molecule has 9 nitrogen and oxygen atoms in total. The van der Waals surface area contributed by atoms with Crippen LogP contribution < -0.4 is 11.2 Å². The predicted octanol–water partition coefficient (Wildman–Crippen LogP) is 2.63. The van der Waals surface area contributed by atoms with Gasteiger partial charge >= 0.3 is 17.8 Å². The molecule has 36 heavy (non-hydrogen) atoms. The standard InChI is InChI=1S/C21H15ClF4N4O5S/c1-4-5-9(18(33)34)16-17(32)29(3)19(36-16)27-12-7-13(11(23)6-10(12)22)30-15(31)8-14(21(24,25)26)28(2)20(30)35/h6-9,16H,1-3H3,(H,33,34). The molecule has 1 fully saturated rings. The molecule has 1 aromatic carbocycles. The summed E-state index contributed by atoms with van der Waals surface area (Å²) in [4.78, 5) is 54.3. The first-order chi connectivity index (χ1) is 16.7. The van der Waals surface area contributed by atoms with E-state index in [-0.39, 0.29) is 31.1 Å². The van der Waals surface area contributed by atoms with Gasteiger partial charge in [0.1, 0.15) is 22.7 Å². The first kappa shape index (κ1) is 27.0. The van der Waals surface area contributed by atoms with Crippen molar-refractivity contribution in [1.29, 1.82) is 0 Å². The maximum absolute atomic E-state index is 14.7. The zero-order valence-electron chi connectivity index (χ0n) is 18.6. The Kier molecular flexibility index (Phi) is 7.37. The largest absolute Gasteiger partial charge is 0.480 e. The van der Waals surface area contributed by atoms with E-state index in [1.807, 2.05) is 0 Å². The van der Waals surface area contributed by atoms with Gasteiger partial charge in [-0.3, -0.25) is 23.9 Å². The van der Waals surface area contributed by atoms with Crippen LogP contribution in [0.3, 0.4) is 0 Å². The highest BCUT2D eigenvalue weighted by atomic mass is 35.5. The van der Waals surface area contributed by atoms with Crippen molar-refractivity contribution < 1.29 is 32.3 Å². The van der Waals surface area contributed by atoms with E-state index >= 15 is 0 Å². The van der Waals surface area contributed by atoms with Crippen molar-refractivity contribution in [2.75, 3.05) is 7.05 Å². The lowest BCUT2D eigenvalue weighted by Gasteiger charge is -2.15. The number of carbonyl (C=O) groups excluding carboxylic acids is 1. The Labute approximate surface area is 209 Å². The lowest BCUT2D eigenvalue weighted by atomic mass is 10.1. The van der Waals surface area contributed by atoms with Crippen LogP contribution in [-0.2, 0) is 22.8 Å². The van der Waals surface area contributed by atoms with Crippen LogP contribution in [0.5, 0.6) is 0 Å². The normalized spacial score (nSPS) is 17.8. The number of carboxylic acids is 1. The number of alkyl halides is 3. The van der Waals surface area contributed by atoms with Crippen molar-refractivity contribution >= 4 is 46.1 Å². The van der Waals surface area contributed by atoms with Crippen molar-refractivity contribution in [1.82, 2.24) is 14.0 Å². The molecule has 0 bridgehead atoms. The Morgan fingerprint density at radius 3 is 2.42 bits per heavy atom. The fourth-order valence-corrected chi connectivity index (χ4v) is 4.67. The van der Waals surface area contributed by atoms with Gasteiger partial charge in [-0.15, -0.1) is 5.92 Å². The molecule has 0 aliphatic carbocycles. The fraction of sp³-hybridized carbons (Fsp3) is 0.286. The van der Waals surface area contributed by atoms with Crippen LogP contribution in [0.25, 0.3) is 5.69 Å². The summed E-state index contributed by atoms with van der Waals surface area (Å²) in [5.41, 5.74) is -5.42. The van der Waals surface area contributed by atoms with E-state index in [4.69, 9.17) is 11.6 Å².